The normalized spacial score (nSPS) is 10.9. The third kappa shape index (κ3) is 7.02. The summed E-state index contributed by atoms with van der Waals surface area (Å²) in [5.41, 5.74) is 5.75. The zero-order valence-corrected chi connectivity index (χ0v) is 20.3. The predicted molar refractivity (Wildman–Crippen MR) is 132 cm³/mol. The average molecular weight is 509 g/mol. The number of nitrogens with one attached hydrogen (secondary N) is 1. The van der Waals surface area contributed by atoms with E-state index in [0.29, 0.717) is 21.5 Å². The van der Waals surface area contributed by atoms with Gasteiger partial charge in [-0.3, -0.25) is 4.79 Å². The molecule has 170 valence electrons. The number of benzene rings is 3. The second-order valence-electron chi connectivity index (χ2n) is 7.72. The molecule has 3 rings (SSSR count). The molecule has 0 aliphatic carbocycles. The Hall–Kier alpha value is -3.45. The molecule has 0 saturated heterocycles. The van der Waals surface area contributed by atoms with Gasteiger partial charge >= 0.3 is 5.97 Å². The fourth-order valence-corrected chi connectivity index (χ4v) is 3.46. The van der Waals surface area contributed by atoms with E-state index in [0.717, 1.165) is 16.7 Å². The molecule has 0 unspecified atom stereocenters. The lowest BCUT2D eigenvalue weighted by Crippen LogP contribution is -2.25. The summed E-state index contributed by atoms with van der Waals surface area (Å²) in [4.78, 5) is 24.4. The highest BCUT2D eigenvalue weighted by atomic mass is 79.9. The van der Waals surface area contributed by atoms with Crippen LogP contribution in [-0.2, 0) is 4.79 Å². The van der Waals surface area contributed by atoms with Crippen LogP contribution >= 0.6 is 15.9 Å². The van der Waals surface area contributed by atoms with Crippen LogP contribution in [0.5, 0.6) is 11.5 Å². The molecule has 0 atom stereocenters. The fourth-order valence-electron chi connectivity index (χ4n) is 3.01. The van der Waals surface area contributed by atoms with Gasteiger partial charge in [0.05, 0.1) is 11.8 Å². The summed E-state index contributed by atoms with van der Waals surface area (Å²) in [6.45, 7) is 6.00. The van der Waals surface area contributed by atoms with Crippen LogP contribution in [0.2, 0.25) is 0 Å². The van der Waals surface area contributed by atoms with E-state index in [1.807, 2.05) is 31.2 Å². The highest BCUT2D eigenvalue weighted by Crippen LogP contribution is 2.27. The number of rotatable bonds is 8. The summed E-state index contributed by atoms with van der Waals surface area (Å²) >= 11 is 3.34. The Morgan fingerprint density at radius 2 is 1.79 bits per heavy atom. The Kier molecular flexibility index (Phi) is 8.38. The van der Waals surface area contributed by atoms with Crippen LogP contribution in [0.15, 0.2) is 76.3 Å². The minimum atomic E-state index is -0.453. The quantitative estimate of drug-likeness (QED) is 0.185. The van der Waals surface area contributed by atoms with Gasteiger partial charge in [-0.2, -0.15) is 5.10 Å². The van der Waals surface area contributed by atoms with Crippen molar-refractivity contribution in [3.8, 4) is 11.5 Å². The molecule has 1 amide bonds. The molecule has 0 aliphatic heterocycles. The SMILES string of the molecule is Cc1ccc(C(C)C)c(OCC(=O)N/N=C\c2ccc(OC(=O)c3ccccc3Br)cc2)c1. The smallest absolute Gasteiger partial charge is 0.344 e. The van der Waals surface area contributed by atoms with Crippen molar-refractivity contribution in [2.75, 3.05) is 6.61 Å². The first-order chi connectivity index (χ1) is 15.8. The Labute approximate surface area is 201 Å². The van der Waals surface area contributed by atoms with Crippen molar-refractivity contribution >= 4 is 34.0 Å². The van der Waals surface area contributed by atoms with E-state index in [4.69, 9.17) is 9.47 Å². The number of carbonyl (C=O) groups is 2. The van der Waals surface area contributed by atoms with E-state index in [9.17, 15) is 9.59 Å². The van der Waals surface area contributed by atoms with Gasteiger partial charge in [0.25, 0.3) is 5.91 Å². The number of aryl methyl sites for hydroxylation is 1. The van der Waals surface area contributed by atoms with E-state index in [2.05, 4.69) is 40.3 Å². The van der Waals surface area contributed by atoms with Gasteiger partial charge in [-0.25, -0.2) is 10.2 Å². The number of hydrazone groups is 1. The number of hydrogen-bond acceptors (Lipinski definition) is 5. The molecule has 0 radical (unpaired) electrons. The first-order valence-electron chi connectivity index (χ1n) is 10.5. The van der Waals surface area contributed by atoms with Crippen LogP contribution in [0.1, 0.15) is 46.8 Å². The lowest BCUT2D eigenvalue weighted by Gasteiger charge is -2.14. The van der Waals surface area contributed by atoms with Crippen molar-refractivity contribution < 1.29 is 19.1 Å². The van der Waals surface area contributed by atoms with Crippen LogP contribution in [0, 0.1) is 6.92 Å². The zero-order valence-electron chi connectivity index (χ0n) is 18.7. The van der Waals surface area contributed by atoms with Gasteiger partial charge in [0, 0.05) is 4.47 Å². The first kappa shape index (κ1) is 24.2. The summed E-state index contributed by atoms with van der Waals surface area (Å²) in [5, 5.41) is 3.96. The highest BCUT2D eigenvalue weighted by Gasteiger charge is 2.12. The number of carbonyl (C=O) groups excluding carboxylic acids is 2. The maximum Gasteiger partial charge on any atom is 0.344 e. The molecule has 3 aromatic carbocycles. The summed E-state index contributed by atoms with van der Waals surface area (Å²) in [6, 6.07) is 19.8. The zero-order chi connectivity index (χ0) is 23.8. The number of amides is 1. The number of nitrogens with zero attached hydrogens (tertiary/aromatic N) is 1. The van der Waals surface area contributed by atoms with Crippen LogP contribution in [0.4, 0.5) is 0 Å². The summed E-state index contributed by atoms with van der Waals surface area (Å²) < 4.78 is 11.8. The van der Waals surface area contributed by atoms with Gasteiger partial charge in [0.1, 0.15) is 11.5 Å². The van der Waals surface area contributed by atoms with E-state index in [-0.39, 0.29) is 18.4 Å². The van der Waals surface area contributed by atoms with Crippen molar-refractivity contribution in [1.29, 1.82) is 0 Å². The molecular weight excluding hydrogens is 484 g/mol. The lowest BCUT2D eigenvalue weighted by atomic mass is 10.0. The van der Waals surface area contributed by atoms with Gasteiger partial charge in [-0.1, -0.05) is 38.1 Å². The Morgan fingerprint density at radius 3 is 2.48 bits per heavy atom. The highest BCUT2D eigenvalue weighted by molar-refractivity contribution is 9.10. The van der Waals surface area contributed by atoms with Crippen molar-refractivity contribution in [2.24, 2.45) is 5.10 Å². The van der Waals surface area contributed by atoms with Crippen LogP contribution in [0.25, 0.3) is 0 Å². The van der Waals surface area contributed by atoms with Crippen molar-refractivity contribution in [1.82, 2.24) is 5.43 Å². The summed E-state index contributed by atoms with van der Waals surface area (Å²) in [5.74, 6) is 0.589. The predicted octanol–water partition coefficient (Wildman–Crippen LogP) is 5.63. The third-order valence-electron chi connectivity index (χ3n) is 4.74. The van der Waals surface area contributed by atoms with Crippen molar-refractivity contribution in [3.05, 3.63) is 93.5 Å². The Morgan fingerprint density at radius 1 is 1.06 bits per heavy atom. The Balaban J connectivity index is 1.50. The number of ether oxygens (including phenoxy) is 2. The van der Waals surface area contributed by atoms with Gasteiger partial charge in [-0.05, 0) is 87.9 Å². The topological polar surface area (TPSA) is 77.0 Å². The first-order valence-corrected chi connectivity index (χ1v) is 11.2. The molecule has 0 spiro atoms. The van der Waals surface area contributed by atoms with E-state index in [1.54, 1.807) is 42.5 Å². The second kappa shape index (κ2) is 11.4. The third-order valence-corrected chi connectivity index (χ3v) is 5.43. The van der Waals surface area contributed by atoms with Crippen LogP contribution in [0.3, 0.4) is 0 Å². The molecule has 33 heavy (non-hydrogen) atoms. The summed E-state index contributed by atoms with van der Waals surface area (Å²) in [7, 11) is 0. The molecule has 3 aromatic rings. The molecule has 7 heteroatoms. The van der Waals surface area contributed by atoms with E-state index < -0.39 is 5.97 Å². The molecule has 0 heterocycles. The van der Waals surface area contributed by atoms with Gasteiger partial charge in [0.2, 0.25) is 0 Å². The van der Waals surface area contributed by atoms with Crippen molar-refractivity contribution in [2.45, 2.75) is 26.7 Å². The van der Waals surface area contributed by atoms with E-state index in [1.165, 1.54) is 6.21 Å². The molecule has 0 aromatic heterocycles. The fraction of sp³-hybridized carbons (Fsp3) is 0.192. The Bertz CT molecular complexity index is 1160. The molecule has 6 nitrogen and oxygen atoms in total. The van der Waals surface area contributed by atoms with E-state index >= 15 is 0 Å². The van der Waals surface area contributed by atoms with Gasteiger partial charge < -0.3 is 9.47 Å². The molecule has 0 bridgehead atoms. The standard InChI is InChI=1S/C26H25BrN2O4/c1-17(2)21-13-8-18(3)14-24(21)32-16-25(30)29-28-15-19-9-11-20(12-10-19)33-26(31)22-6-4-5-7-23(22)27/h4-15,17H,16H2,1-3H3,(H,29,30)/b28-15-. The monoisotopic (exact) mass is 508 g/mol. The summed E-state index contributed by atoms with van der Waals surface area (Å²) in [6.07, 6.45) is 1.50. The van der Waals surface area contributed by atoms with Crippen LogP contribution < -0.4 is 14.9 Å². The minimum absolute atomic E-state index is 0.134. The minimum Gasteiger partial charge on any atom is -0.483 e. The van der Waals surface area contributed by atoms with Crippen LogP contribution in [-0.4, -0.2) is 24.7 Å². The van der Waals surface area contributed by atoms with Crippen molar-refractivity contribution in [3.63, 3.8) is 0 Å². The molecule has 0 aliphatic rings. The largest absolute Gasteiger partial charge is 0.483 e. The maximum absolute atomic E-state index is 12.3. The average Bonchev–Trinajstić information content (AvgIpc) is 2.79. The second-order valence-corrected chi connectivity index (χ2v) is 8.57. The molecule has 0 fully saturated rings. The lowest BCUT2D eigenvalue weighted by molar-refractivity contribution is -0.123. The number of esters is 1. The van der Waals surface area contributed by atoms with Gasteiger partial charge in [0.15, 0.2) is 6.61 Å². The number of hydrogen-bond donors (Lipinski definition) is 1. The molecular formula is C26H25BrN2O4. The maximum atomic E-state index is 12.3. The number of halogens is 1. The molecule has 0 saturated carbocycles. The van der Waals surface area contributed by atoms with Gasteiger partial charge in [-0.15, -0.1) is 0 Å². The molecule has 1 N–H and O–H groups in total.